The minimum atomic E-state index is -0.668. The van der Waals surface area contributed by atoms with Crippen LogP contribution in [0.3, 0.4) is 0 Å². The van der Waals surface area contributed by atoms with Gasteiger partial charge in [0.05, 0.1) is 5.69 Å². The molecule has 0 bridgehead atoms. The lowest BCUT2D eigenvalue weighted by Crippen LogP contribution is -2.34. The molecule has 1 aromatic rings. The van der Waals surface area contributed by atoms with Crippen LogP contribution in [-0.4, -0.2) is 38.8 Å². The number of rotatable bonds is 5. The van der Waals surface area contributed by atoms with Crippen molar-refractivity contribution in [3.05, 3.63) is 17.5 Å². The molecule has 0 unspecified atom stereocenters. The molecule has 5 nitrogen and oxygen atoms in total. The third-order valence-electron chi connectivity index (χ3n) is 3.89. The molecule has 0 radical (unpaired) electrons. The summed E-state index contributed by atoms with van der Waals surface area (Å²) in [5, 5.41) is 13.3. The molecule has 1 aliphatic heterocycles. The monoisotopic (exact) mass is 265 g/mol. The van der Waals surface area contributed by atoms with Crippen molar-refractivity contribution in [3.8, 4) is 0 Å². The van der Waals surface area contributed by atoms with Gasteiger partial charge in [-0.3, -0.25) is 14.4 Å². The van der Waals surface area contributed by atoms with Gasteiger partial charge in [-0.25, -0.2) is 0 Å². The number of hydrogen-bond acceptors (Lipinski definition) is 3. The van der Waals surface area contributed by atoms with E-state index in [0.717, 1.165) is 38.9 Å². The highest BCUT2D eigenvalue weighted by atomic mass is 16.4. The number of likely N-dealkylation sites (tertiary alicyclic amines) is 1. The van der Waals surface area contributed by atoms with Gasteiger partial charge in [0.1, 0.15) is 0 Å². The van der Waals surface area contributed by atoms with Crippen molar-refractivity contribution in [3.63, 3.8) is 0 Å². The summed E-state index contributed by atoms with van der Waals surface area (Å²) in [6.07, 6.45) is 5.37. The van der Waals surface area contributed by atoms with Crippen LogP contribution in [-0.2, 0) is 24.8 Å². The molecule has 1 aromatic heterocycles. The predicted molar refractivity (Wildman–Crippen MR) is 72.8 cm³/mol. The van der Waals surface area contributed by atoms with E-state index < -0.39 is 5.97 Å². The van der Waals surface area contributed by atoms with Gasteiger partial charge in [-0.05, 0) is 38.3 Å². The van der Waals surface area contributed by atoms with Gasteiger partial charge in [-0.1, -0.05) is 6.92 Å². The predicted octanol–water partition coefficient (Wildman–Crippen LogP) is 1.67. The van der Waals surface area contributed by atoms with Crippen molar-refractivity contribution < 1.29 is 9.90 Å². The fourth-order valence-corrected chi connectivity index (χ4v) is 2.85. The Morgan fingerprint density at radius 3 is 2.74 bits per heavy atom. The number of carboxylic acid groups (broad SMARTS) is 1. The zero-order valence-electron chi connectivity index (χ0n) is 11.8. The molecule has 1 aliphatic rings. The number of nitrogens with zero attached hydrogens (tertiary/aromatic N) is 3. The van der Waals surface area contributed by atoms with Crippen LogP contribution in [0.5, 0.6) is 0 Å². The quantitative estimate of drug-likeness (QED) is 0.880. The van der Waals surface area contributed by atoms with E-state index in [9.17, 15) is 4.79 Å². The third-order valence-corrected chi connectivity index (χ3v) is 3.89. The van der Waals surface area contributed by atoms with Crippen LogP contribution in [0.1, 0.15) is 37.4 Å². The Kier molecular flexibility index (Phi) is 4.58. The maximum atomic E-state index is 10.7. The summed E-state index contributed by atoms with van der Waals surface area (Å²) in [7, 11) is 1.96. The molecule has 19 heavy (non-hydrogen) atoms. The molecule has 1 fully saturated rings. The molecule has 0 aliphatic carbocycles. The minimum absolute atomic E-state index is 0.320. The maximum absolute atomic E-state index is 10.7. The number of hydrogen-bond donors (Lipinski definition) is 1. The Morgan fingerprint density at radius 2 is 2.16 bits per heavy atom. The minimum Gasteiger partial charge on any atom is -0.481 e. The molecular weight excluding hydrogens is 242 g/mol. The molecule has 106 valence electrons. The first kappa shape index (κ1) is 14.1. The first-order valence-electron chi connectivity index (χ1n) is 7.04. The van der Waals surface area contributed by atoms with Crippen LogP contribution in [0.25, 0.3) is 0 Å². The van der Waals surface area contributed by atoms with Crippen molar-refractivity contribution in [1.82, 2.24) is 14.7 Å². The number of piperidine rings is 1. The van der Waals surface area contributed by atoms with Crippen LogP contribution in [0.2, 0.25) is 0 Å². The molecule has 5 heteroatoms. The highest BCUT2D eigenvalue weighted by Crippen LogP contribution is 2.22. The molecule has 1 saturated heterocycles. The smallest absolute Gasteiger partial charge is 0.303 e. The first-order valence-corrected chi connectivity index (χ1v) is 7.04. The van der Waals surface area contributed by atoms with Crippen LogP contribution in [0.4, 0.5) is 0 Å². The van der Waals surface area contributed by atoms with E-state index in [1.54, 1.807) is 0 Å². The molecule has 2 heterocycles. The second-order valence-electron chi connectivity index (χ2n) is 5.45. The van der Waals surface area contributed by atoms with E-state index in [4.69, 9.17) is 5.11 Å². The van der Waals surface area contributed by atoms with Gasteiger partial charge in [0, 0.05) is 31.8 Å². The van der Waals surface area contributed by atoms with E-state index >= 15 is 0 Å². The summed E-state index contributed by atoms with van der Waals surface area (Å²) < 4.78 is 1.88. The van der Waals surface area contributed by atoms with Crippen LogP contribution < -0.4 is 0 Å². The molecule has 0 aromatic carbocycles. The maximum Gasteiger partial charge on any atom is 0.303 e. The largest absolute Gasteiger partial charge is 0.481 e. The van der Waals surface area contributed by atoms with Crippen molar-refractivity contribution in [2.24, 2.45) is 13.0 Å². The van der Waals surface area contributed by atoms with Crippen molar-refractivity contribution in [2.45, 2.75) is 39.2 Å². The average molecular weight is 265 g/mol. The van der Waals surface area contributed by atoms with E-state index in [0.29, 0.717) is 12.3 Å². The summed E-state index contributed by atoms with van der Waals surface area (Å²) in [4.78, 5) is 13.1. The standard InChI is InChI=1S/C14H23N3O2/c1-3-13-12(9-16(2)15-13)10-17-6-4-11(5-7-17)8-14(18)19/h9,11H,3-8,10H2,1-2H3,(H,18,19). The lowest BCUT2D eigenvalue weighted by atomic mass is 9.93. The Morgan fingerprint density at radius 1 is 1.47 bits per heavy atom. The average Bonchev–Trinajstić information content (AvgIpc) is 2.71. The van der Waals surface area contributed by atoms with Crippen LogP contribution in [0.15, 0.2) is 6.20 Å². The summed E-state index contributed by atoms with van der Waals surface area (Å²) >= 11 is 0. The van der Waals surface area contributed by atoms with E-state index in [1.807, 2.05) is 11.7 Å². The SMILES string of the molecule is CCc1nn(C)cc1CN1CCC(CC(=O)O)CC1. The zero-order chi connectivity index (χ0) is 13.8. The van der Waals surface area contributed by atoms with Gasteiger partial charge in [-0.15, -0.1) is 0 Å². The number of carbonyl (C=O) groups is 1. The van der Waals surface area contributed by atoms with Crippen molar-refractivity contribution in [1.29, 1.82) is 0 Å². The normalized spacial score (nSPS) is 17.8. The van der Waals surface area contributed by atoms with Gasteiger partial charge in [0.25, 0.3) is 0 Å². The molecule has 0 spiro atoms. The topological polar surface area (TPSA) is 58.4 Å². The Balaban J connectivity index is 1.86. The summed E-state index contributed by atoms with van der Waals surface area (Å²) in [5.41, 5.74) is 2.48. The van der Waals surface area contributed by atoms with Gasteiger partial charge < -0.3 is 5.11 Å². The fraction of sp³-hybridized carbons (Fsp3) is 0.714. The molecular formula is C14H23N3O2. The second kappa shape index (κ2) is 6.19. The summed E-state index contributed by atoms with van der Waals surface area (Å²) in [6.45, 7) is 5.06. The lowest BCUT2D eigenvalue weighted by molar-refractivity contribution is -0.138. The van der Waals surface area contributed by atoms with Crippen LogP contribution >= 0.6 is 0 Å². The number of aryl methyl sites for hydroxylation is 2. The van der Waals surface area contributed by atoms with Crippen molar-refractivity contribution >= 4 is 5.97 Å². The summed E-state index contributed by atoms with van der Waals surface area (Å²) in [6, 6.07) is 0. The molecule has 0 saturated carbocycles. The Labute approximate surface area is 114 Å². The van der Waals surface area contributed by atoms with Crippen LogP contribution in [0, 0.1) is 5.92 Å². The Bertz CT molecular complexity index is 434. The highest BCUT2D eigenvalue weighted by molar-refractivity contribution is 5.67. The molecule has 0 atom stereocenters. The van der Waals surface area contributed by atoms with Gasteiger partial charge >= 0.3 is 5.97 Å². The third kappa shape index (κ3) is 3.80. The number of aromatic nitrogens is 2. The number of carboxylic acids is 1. The fourth-order valence-electron chi connectivity index (χ4n) is 2.85. The lowest BCUT2D eigenvalue weighted by Gasteiger charge is -2.31. The molecule has 1 N–H and O–H groups in total. The van der Waals surface area contributed by atoms with E-state index in [-0.39, 0.29) is 0 Å². The number of aliphatic carboxylic acids is 1. The molecule has 2 rings (SSSR count). The van der Waals surface area contributed by atoms with Crippen molar-refractivity contribution in [2.75, 3.05) is 13.1 Å². The van der Waals surface area contributed by atoms with E-state index in [2.05, 4.69) is 23.1 Å². The first-order chi connectivity index (χ1) is 9.08. The van der Waals surface area contributed by atoms with Gasteiger partial charge in [-0.2, -0.15) is 5.10 Å². The zero-order valence-corrected chi connectivity index (χ0v) is 11.8. The Hall–Kier alpha value is -1.36. The molecule has 0 amide bonds. The van der Waals surface area contributed by atoms with E-state index in [1.165, 1.54) is 11.3 Å². The second-order valence-corrected chi connectivity index (χ2v) is 5.45. The summed E-state index contributed by atoms with van der Waals surface area (Å²) in [5.74, 6) is -0.313. The van der Waals surface area contributed by atoms with Gasteiger partial charge in [0.15, 0.2) is 0 Å². The highest BCUT2D eigenvalue weighted by Gasteiger charge is 2.22. The van der Waals surface area contributed by atoms with Gasteiger partial charge in [0.2, 0.25) is 0 Å².